The number of thiophene rings is 1. The third kappa shape index (κ3) is 3.77. The second-order valence-corrected chi connectivity index (χ2v) is 7.58. The van der Waals surface area contributed by atoms with Gasteiger partial charge in [-0.2, -0.15) is 0 Å². The van der Waals surface area contributed by atoms with Gasteiger partial charge in [-0.1, -0.05) is 29.8 Å². The Hall–Kier alpha value is -2.67. The quantitative estimate of drug-likeness (QED) is 0.863. The second kappa shape index (κ2) is 7.29. The molecule has 1 aliphatic heterocycles. The van der Waals surface area contributed by atoms with Crippen LogP contribution in [-0.4, -0.2) is 29.2 Å². The number of amides is 3. The molecule has 0 bridgehead atoms. The first-order chi connectivity index (χ1) is 12.3. The molecule has 2 aromatic rings. The zero-order valence-corrected chi connectivity index (χ0v) is 15.6. The molecule has 3 rings (SSSR count). The Morgan fingerprint density at radius 3 is 2.73 bits per heavy atom. The topological polar surface area (TPSA) is 92.5 Å². The van der Waals surface area contributed by atoms with E-state index >= 15 is 0 Å². The van der Waals surface area contributed by atoms with Gasteiger partial charge in [0.2, 0.25) is 11.8 Å². The molecule has 1 aliphatic rings. The van der Waals surface area contributed by atoms with Gasteiger partial charge < -0.3 is 16.0 Å². The van der Waals surface area contributed by atoms with E-state index in [2.05, 4.69) is 5.32 Å². The molecule has 0 fully saturated rings. The minimum absolute atomic E-state index is 0.00490. The molecule has 26 heavy (non-hydrogen) atoms. The standard InChI is InChI=1S/C19H21N3O3S/c1-11-4-3-5-13(8-11)9-16(24)21-19-17(18(20)25)14-6-7-22(12(2)23)10-15(14)26-19/h3-5,8H,6-7,9-10H2,1-2H3,(H2,20,25)(H,21,24). The molecule has 0 saturated carbocycles. The van der Waals surface area contributed by atoms with Crippen molar-refractivity contribution in [2.75, 3.05) is 11.9 Å². The van der Waals surface area contributed by atoms with Crippen molar-refractivity contribution in [3.63, 3.8) is 0 Å². The van der Waals surface area contributed by atoms with Gasteiger partial charge in [0, 0.05) is 18.3 Å². The molecule has 3 N–H and O–H groups in total. The van der Waals surface area contributed by atoms with Crippen molar-refractivity contribution in [2.45, 2.75) is 33.2 Å². The van der Waals surface area contributed by atoms with E-state index in [9.17, 15) is 14.4 Å². The van der Waals surface area contributed by atoms with E-state index in [1.165, 1.54) is 18.3 Å². The lowest BCUT2D eigenvalue weighted by Crippen LogP contribution is -2.34. The molecule has 0 atom stereocenters. The first-order valence-electron chi connectivity index (χ1n) is 8.40. The molecule has 0 unspecified atom stereocenters. The van der Waals surface area contributed by atoms with E-state index in [0.717, 1.165) is 21.6 Å². The Labute approximate surface area is 156 Å². The number of anilines is 1. The van der Waals surface area contributed by atoms with E-state index in [1.807, 2.05) is 31.2 Å². The normalized spacial score (nSPS) is 13.2. The zero-order valence-electron chi connectivity index (χ0n) is 14.8. The van der Waals surface area contributed by atoms with Gasteiger partial charge in [-0.05, 0) is 24.5 Å². The van der Waals surface area contributed by atoms with Crippen molar-refractivity contribution < 1.29 is 14.4 Å². The van der Waals surface area contributed by atoms with E-state index in [4.69, 9.17) is 5.73 Å². The van der Waals surface area contributed by atoms with Gasteiger partial charge in [0.1, 0.15) is 5.00 Å². The van der Waals surface area contributed by atoms with Gasteiger partial charge in [-0.15, -0.1) is 11.3 Å². The van der Waals surface area contributed by atoms with E-state index in [1.54, 1.807) is 4.90 Å². The summed E-state index contributed by atoms with van der Waals surface area (Å²) < 4.78 is 0. The molecule has 1 aromatic carbocycles. The van der Waals surface area contributed by atoms with Crippen LogP contribution < -0.4 is 11.1 Å². The predicted molar refractivity (Wildman–Crippen MR) is 101 cm³/mol. The Morgan fingerprint density at radius 1 is 1.31 bits per heavy atom. The zero-order chi connectivity index (χ0) is 18.8. The van der Waals surface area contributed by atoms with Gasteiger partial charge in [0.05, 0.1) is 18.5 Å². The first-order valence-corrected chi connectivity index (χ1v) is 9.22. The maximum Gasteiger partial charge on any atom is 0.251 e. The fraction of sp³-hybridized carbons (Fsp3) is 0.316. The number of aryl methyl sites for hydroxylation is 1. The maximum absolute atomic E-state index is 12.4. The highest BCUT2D eigenvalue weighted by Gasteiger charge is 2.28. The van der Waals surface area contributed by atoms with Crippen LogP contribution in [0.1, 0.15) is 38.8 Å². The largest absolute Gasteiger partial charge is 0.365 e. The Bertz CT molecular complexity index is 888. The molecule has 0 radical (unpaired) electrons. The third-order valence-electron chi connectivity index (χ3n) is 4.45. The number of carbonyl (C=O) groups excluding carboxylic acids is 3. The first kappa shape index (κ1) is 18.1. The molecule has 0 saturated heterocycles. The highest BCUT2D eigenvalue weighted by Crippen LogP contribution is 2.37. The minimum Gasteiger partial charge on any atom is -0.365 e. The van der Waals surface area contributed by atoms with Crippen LogP contribution in [0.5, 0.6) is 0 Å². The summed E-state index contributed by atoms with van der Waals surface area (Å²) in [6.07, 6.45) is 0.791. The number of hydrogen-bond donors (Lipinski definition) is 2. The number of nitrogens with zero attached hydrogens (tertiary/aromatic N) is 1. The predicted octanol–water partition coefficient (Wildman–Crippen LogP) is 2.24. The van der Waals surface area contributed by atoms with Crippen LogP contribution in [-0.2, 0) is 29.0 Å². The highest BCUT2D eigenvalue weighted by molar-refractivity contribution is 7.17. The fourth-order valence-corrected chi connectivity index (χ4v) is 4.48. The molecular formula is C19H21N3O3S. The maximum atomic E-state index is 12.4. The number of benzene rings is 1. The average Bonchev–Trinajstić information content (AvgIpc) is 2.91. The summed E-state index contributed by atoms with van der Waals surface area (Å²) in [5.74, 6) is -0.751. The summed E-state index contributed by atoms with van der Waals surface area (Å²) in [6, 6.07) is 7.73. The molecule has 0 spiro atoms. The van der Waals surface area contributed by atoms with Gasteiger partial charge >= 0.3 is 0 Å². The number of nitrogens with one attached hydrogen (secondary N) is 1. The summed E-state index contributed by atoms with van der Waals surface area (Å²) in [5, 5.41) is 3.31. The van der Waals surface area contributed by atoms with Gasteiger partial charge in [0.25, 0.3) is 5.91 Å². The molecule has 2 heterocycles. The van der Waals surface area contributed by atoms with Crippen LogP contribution >= 0.6 is 11.3 Å². The number of carbonyl (C=O) groups is 3. The number of primary amides is 1. The minimum atomic E-state index is -0.551. The molecule has 3 amide bonds. The summed E-state index contributed by atoms with van der Waals surface area (Å²) in [6.45, 7) is 4.50. The van der Waals surface area contributed by atoms with Crippen molar-refractivity contribution in [3.05, 3.63) is 51.4 Å². The van der Waals surface area contributed by atoms with Crippen molar-refractivity contribution in [1.29, 1.82) is 0 Å². The van der Waals surface area contributed by atoms with Crippen molar-refractivity contribution >= 4 is 34.1 Å². The lowest BCUT2D eigenvalue weighted by molar-refractivity contribution is -0.129. The number of nitrogens with two attached hydrogens (primary N) is 1. The van der Waals surface area contributed by atoms with Gasteiger partial charge in [-0.3, -0.25) is 14.4 Å². The number of rotatable bonds is 4. The van der Waals surface area contributed by atoms with Crippen molar-refractivity contribution in [3.8, 4) is 0 Å². The molecule has 0 aliphatic carbocycles. The van der Waals surface area contributed by atoms with Crippen LogP contribution in [0.15, 0.2) is 24.3 Å². The van der Waals surface area contributed by atoms with E-state index in [0.29, 0.717) is 30.1 Å². The van der Waals surface area contributed by atoms with Crippen LogP contribution in [0.25, 0.3) is 0 Å². The molecular weight excluding hydrogens is 350 g/mol. The molecule has 1 aromatic heterocycles. The van der Waals surface area contributed by atoms with E-state index < -0.39 is 5.91 Å². The summed E-state index contributed by atoms with van der Waals surface area (Å²) in [7, 11) is 0. The van der Waals surface area contributed by atoms with Gasteiger partial charge in [0.15, 0.2) is 0 Å². The lowest BCUT2D eigenvalue weighted by atomic mass is 10.0. The number of fused-ring (bicyclic) bond motifs is 1. The van der Waals surface area contributed by atoms with Crippen LogP contribution in [0.3, 0.4) is 0 Å². The summed E-state index contributed by atoms with van der Waals surface area (Å²) >= 11 is 1.33. The second-order valence-electron chi connectivity index (χ2n) is 6.48. The molecule has 136 valence electrons. The summed E-state index contributed by atoms with van der Waals surface area (Å²) in [5.41, 5.74) is 8.79. The Morgan fingerprint density at radius 2 is 2.08 bits per heavy atom. The van der Waals surface area contributed by atoms with Crippen LogP contribution in [0.2, 0.25) is 0 Å². The Kier molecular flexibility index (Phi) is 5.08. The highest BCUT2D eigenvalue weighted by atomic mass is 32.1. The fourth-order valence-electron chi connectivity index (χ4n) is 3.20. The summed E-state index contributed by atoms with van der Waals surface area (Å²) in [4.78, 5) is 38.6. The van der Waals surface area contributed by atoms with Crippen LogP contribution in [0.4, 0.5) is 5.00 Å². The third-order valence-corrected chi connectivity index (χ3v) is 5.58. The monoisotopic (exact) mass is 371 g/mol. The average molecular weight is 371 g/mol. The number of hydrogen-bond acceptors (Lipinski definition) is 4. The van der Waals surface area contributed by atoms with E-state index in [-0.39, 0.29) is 18.2 Å². The van der Waals surface area contributed by atoms with Gasteiger partial charge in [-0.25, -0.2) is 0 Å². The smallest absolute Gasteiger partial charge is 0.251 e. The molecule has 6 nitrogen and oxygen atoms in total. The molecule has 7 heteroatoms. The SMILES string of the molecule is CC(=O)N1CCc2c(sc(NC(=O)Cc3cccc(C)c3)c2C(N)=O)C1. The van der Waals surface area contributed by atoms with Crippen molar-refractivity contribution in [1.82, 2.24) is 4.90 Å². The van der Waals surface area contributed by atoms with Crippen LogP contribution in [0, 0.1) is 6.92 Å². The van der Waals surface area contributed by atoms with Crippen molar-refractivity contribution in [2.24, 2.45) is 5.73 Å². The Balaban J connectivity index is 1.82. The lowest BCUT2D eigenvalue weighted by Gasteiger charge is -2.25.